The quantitative estimate of drug-likeness (QED) is 0.338. The van der Waals surface area contributed by atoms with Gasteiger partial charge in [0, 0.05) is 6.20 Å². The van der Waals surface area contributed by atoms with Gasteiger partial charge in [0.15, 0.2) is 0 Å². The largest absolute Gasteiger partial charge is 0.383 e. The molecule has 2 rings (SSSR count). The van der Waals surface area contributed by atoms with Gasteiger partial charge in [0.1, 0.15) is 11.0 Å². The smallest absolute Gasteiger partial charge is 0.210 e. The van der Waals surface area contributed by atoms with Gasteiger partial charge in [-0.15, -0.1) is 23.1 Å². The lowest BCUT2D eigenvalue weighted by atomic mass is 10.4. The van der Waals surface area contributed by atoms with Crippen LogP contribution >= 0.6 is 50.6 Å². The molecule has 0 bridgehead atoms. The van der Waals surface area contributed by atoms with E-state index in [2.05, 4.69) is 20.9 Å². The zero-order chi connectivity index (χ0) is 15.8. The number of nitrogens with one attached hydrogen (secondary N) is 1. The Hall–Kier alpha value is -0.610. The number of amidine groups is 1. The molecule has 112 valence electrons. The summed E-state index contributed by atoms with van der Waals surface area (Å²) in [7, 11) is -3.75. The molecule has 0 radical (unpaired) electrons. The maximum atomic E-state index is 12.7. The molecular formula is C11H9BrClN3O2S3. The lowest BCUT2D eigenvalue weighted by Gasteiger charge is -2.05. The summed E-state index contributed by atoms with van der Waals surface area (Å²) in [5.74, 6) is -0.160. The lowest BCUT2D eigenvalue weighted by Crippen LogP contribution is -2.09. The van der Waals surface area contributed by atoms with Crippen LogP contribution < -0.4 is 5.73 Å². The highest BCUT2D eigenvalue weighted by Crippen LogP contribution is 2.37. The first-order valence-corrected chi connectivity index (χ1v) is 10.0. The number of hydrogen-bond acceptors (Lipinski definition) is 6. The van der Waals surface area contributed by atoms with Crippen LogP contribution in [0.5, 0.6) is 0 Å². The van der Waals surface area contributed by atoms with Crippen molar-refractivity contribution in [3.05, 3.63) is 32.8 Å². The summed E-state index contributed by atoms with van der Waals surface area (Å²) in [5.41, 5.74) is 5.43. The second-order valence-electron chi connectivity index (χ2n) is 3.83. The van der Waals surface area contributed by atoms with Crippen molar-refractivity contribution in [1.29, 1.82) is 5.41 Å². The van der Waals surface area contributed by atoms with Crippen molar-refractivity contribution in [3.8, 4) is 0 Å². The molecule has 0 amide bonds. The van der Waals surface area contributed by atoms with Gasteiger partial charge in [-0.25, -0.2) is 13.4 Å². The van der Waals surface area contributed by atoms with Crippen molar-refractivity contribution in [2.24, 2.45) is 5.73 Å². The van der Waals surface area contributed by atoms with Crippen LogP contribution in [0.3, 0.4) is 0 Å². The van der Waals surface area contributed by atoms with Gasteiger partial charge in [0.25, 0.3) is 0 Å². The lowest BCUT2D eigenvalue weighted by molar-refractivity contribution is 0.594. The van der Waals surface area contributed by atoms with E-state index in [0.29, 0.717) is 13.6 Å². The fourth-order valence-electron chi connectivity index (χ4n) is 1.50. The summed E-state index contributed by atoms with van der Waals surface area (Å²) in [6.45, 7) is 0. The van der Waals surface area contributed by atoms with Crippen LogP contribution in [0.25, 0.3) is 0 Å². The minimum atomic E-state index is -3.75. The Morgan fingerprint density at radius 3 is 2.71 bits per heavy atom. The molecule has 0 aromatic carbocycles. The Kier molecular flexibility index (Phi) is 4.99. The fourth-order valence-corrected chi connectivity index (χ4v) is 5.93. The minimum absolute atomic E-state index is 0.0296. The van der Waals surface area contributed by atoms with E-state index in [0.717, 1.165) is 0 Å². The van der Waals surface area contributed by atoms with Crippen molar-refractivity contribution in [1.82, 2.24) is 4.98 Å². The van der Waals surface area contributed by atoms with E-state index in [-0.39, 0.29) is 20.8 Å². The molecule has 0 saturated carbocycles. The predicted octanol–water partition coefficient (Wildman–Crippen LogP) is 3.40. The van der Waals surface area contributed by atoms with Gasteiger partial charge < -0.3 is 5.73 Å². The molecular weight excluding hydrogens is 418 g/mol. The van der Waals surface area contributed by atoms with Crippen molar-refractivity contribution >= 4 is 66.3 Å². The number of thioether (sulfide) groups is 1. The number of aromatic nitrogens is 1. The minimum Gasteiger partial charge on any atom is -0.383 e. The Balaban J connectivity index is 2.63. The Morgan fingerprint density at radius 2 is 2.19 bits per heavy atom. The number of halogens is 2. The van der Waals surface area contributed by atoms with Crippen LogP contribution in [-0.4, -0.2) is 25.5 Å². The molecule has 10 heteroatoms. The van der Waals surface area contributed by atoms with Gasteiger partial charge in [-0.3, -0.25) is 5.41 Å². The summed E-state index contributed by atoms with van der Waals surface area (Å²) >= 11 is 11.4. The van der Waals surface area contributed by atoms with Gasteiger partial charge >= 0.3 is 0 Å². The van der Waals surface area contributed by atoms with Gasteiger partial charge in [-0.05, 0) is 34.3 Å². The summed E-state index contributed by atoms with van der Waals surface area (Å²) < 4.78 is 26.4. The Bertz CT molecular complexity index is 820. The van der Waals surface area contributed by atoms with E-state index < -0.39 is 9.84 Å². The number of thiophene rings is 1. The number of nitrogen functional groups attached to an aromatic ring is 1. The number of nitrogens with zero attached hydrogens (tertiary/aromatic N) is 1. The number of rotatable bonds is 4. The van der Waals surface area contributed by atoms with Gasteiger partial charge in [-0.1, -0.05) is 11.6 Å². The molecule has 3 N–H and O–H groups in total. The molecule has 0 unspecified atom stereocenters. The molecule has 0 fully saturated rings. The topological polar surface area (TPSA) is 96.9 Å². The van der Waals surface area contributed by atoms with Crippen molar-refractivity contribution < 1.29 is 8.42 Å². The first-order valence-electron chi connectivity index (χ1n) is 5.35. The monoisotopic (exact) mass is 425 g/mol. The number of pyridine rings is 1. The standard InChI is InChI=1S/C11H9BrClN3O2S3/c1-19-11-8(3-7(20-11)10(14)15)21(17,18)5-2-6(12)9(13)16-4-5/h2-4H,1H3,(H3,14,15). The maximum Gasteiger partial charge on any atom is 0.210 e. The molecule has 0 aliphatic carbocycles. The summed E-state index contributed by atoms with van der Waals surface area (Å²) in [6, 6.07) is 2.82. The summed E-state index contributed by atoms with van der Waals surface area (Å²) in [6.07, 6.45) is 2.97. The molecule has 0 aliphatic rings. The SMILES string of the molecule is CSc1sc(C(=N)N)cc1S(=O)(=O)c1cnc(Cl)c(Br)c1. The fraction of sp³-hybridized carbons (Fsp3) is 0.0909. The molecule has 0 saturated heterocycles. The van der Waals surface area contributed by atoms with E-state index in [4.69, 9.17) is 22.7 Å². The van der Waals surface area contributed by atoms with E-state index >= 15 is 0 Å². The van der Waals surface area contributed by atoms with Crippen LogP contribution in [0.2, 0.25) is 5.15 Å². The molecule has 2 aromatic rings. The zero-order valence-corrected chi connectivity index (χ0v) is 15.3. The van der Waals surface area contributed by atoms with Crippen molar-refractivity contribution in [3.63, 3.8) is 0 Å². The van der Waals surface area contributed by atoms with Crippen LogP contribution in [0, 0.1) is 5.41 Å². The number of hydrogen-bond donors (Lipinski definition) is 2. The van der Waals surface area contributed by atoms with Crippen LogP contribution in [0.15, 0.2) is 36.8 Å². The zero-order valence-electron chi connectivity index (χ0n) is 10.6. The maximum absolute atomic E-state index is 12.7. The predicted molar refractivity (Wildman–Crippen MR) is 89.5 cm³/mol. The average Bonchev–Trinajstić information content (AvgIpc) is 2.86. The third kappa shape index (κ3) is 3.26. The molecule has 2 aromatic heterocycles. The number of sulfone groups is 1. The second-order valence-corrected chi connectivity index (χ2v) is 9.08. The van der Waals surface area contributed by atoms with Crippen LogP contribution in [0.1, 0.15) is 4.88 Å². The molecule has 21 heavy (non-hydrogen) atoms. The van der Waals surface area contributed by atoms with Gasteiger partial charge in [0.05, 0.1) is 23.4 Å². The highest BCUT2D eigenvalue weighted by Gasteiger charge is 2.25. The van der Waals surface area contributed by atoms with Crippen LogP contribution in [-0.2, 0) is 9.84 Å². The molecule has 0 spiro atoms. The molecule has 0 aliphatic heterocycles. The highest BCUT2D eigenvalue weighted by molar-refractivity contribution is 9.10. The summed E-state index contributed by atoms with van der Waals surface area (Å²) in [4.78, 5) is 4.41. The normalized spacial score (nSPS) is 11.6. The second kappa shape index (κ2) is 6.25. The van der Waals surface area contributed by atoms with Crippen molar-refractivity contribution in [2.75, 3.05) is 6.26 Å². The Labute approximate surface area is 143 Å². The van der Waals surface area contributed by atoms with E-state index in [1.165, 1.54) is 41.4 Å². The van der Waals surface area contributed by atoms with E-state index in [1.807, 2.05) is 0 Å². The third-order valence-corrected chi connectivity index (χ3v) is 7.93. The van der Waals surface area contributed by atoms with Crippen LogP contribution in [0.4, 0.5) is 0 Å². The molecule has 0 atom stereocenters. The molecule has 2 heterocycles. The van der Waals surface area contributed by atoms with E-state index in [9.17, 15) is 8.42 Å². The first-order chi connectivity index (χ1) is 9.77. The van der Waals surface area contributed by atoms with E-state index in [1.54, 1.807) is 6.26 Å². The highest BCUT2D eigenvalue weighted by atomic mass is 79.9. The first kappa shape index (κ1) is 16.8. The molecule has 5 nitrogen and oxygen atoms in total. The summed E-state index contributed by atoms with van der Waals surface area (Å²) in [5, 5.41) is 7.63. The average molecular weight is 427 g/mol. The Morgan fingerprint density at radius 1 is 1.52 bits per heavy atom. The van der Waals surface area contributed by atoms with Crippen molar-refractivity contribution in [2.45, 2.75) is 14.0 Å². The van der Waals surface area contributed by atoms with Gasteiger partial charge in [0.2, 0.25) is 9.84 Å². The number of nitrogens with two attached hydrogens (primary N) is 1. The third-order valence-electron chi connectivity index (χ3n) is 2.49. The van der Waals surface area contributed by atoms with Gasteiger partial charge in [-0.2, -0.15) is 0 Å².